The summed E-state index contributed by atoms with van der Waals surface area (Å²) in [6.07, 6.45) is -6.97. The van der Waals surface area contributed by atoms with E-state index in [-0.39, 0.29) is 30.4 Å². The highest BCUT2D eigenvalue weighted by Crippen LogP contribution is 2.51. The number of sulfone groups is 2. The third-order valence-electron chi connectivity index (χ3n) is 4.60. The number of nitro benzene ring substituents is 1. The number of amides is 1. The lowest BCUT2D eigenvalue weighted by Gasteiger charge is -2.27. The normalized spacial score (nSPS) is 19.8. The summed E-state index contributed by atoms with van der Waals surface area (Å²) in [6.45, 7) is 0. The van der Waals surface area contributed by atoms with Crippen molar-refractivity contribution in [3.8, 4) is 0 Å². The summed E-state index contributed by atoms with van der Waals surface area (Å²) in [4.78, 5) is 18.8. The van der Waals surface area contributed by atoms with E-state index in [1.54, 1.807) is 0 Å². The molecular formula is C15H13F7N2O8S3. The van der Waals surface area contributed by atoms with Crippen LogP contribution in [0.1, 0.15) is 6.42 Å². The van der Waals surface area contributed by atoms with E-state index in [9.17, 15) is 66.7 Å². The molecule has 0 spiro atoms. The Labute approximate surface area is 194 Å². The summed E-state index contributed by atoms with van der Waals surface area (Å²) in [5.74, 6) is -9.81. The van der Waals surface area contributed by atoms with Crippen LogP contribution in [0.4, 0.5) is 36.4 Å². The Bertz CT molecular complexity index is 1280. The number of carbonyl (C=O) groups excluding carboxylic acids is 1. The van der Waals surface area contributed by atoms with Gasteiger partial charge in [-0.05, 0) is 18.6 Å². The van der Waals surface area contributed by atoms with Gasteiger partial charge in [-0.15, -0.1) is 0 Å². The number of hydrogen-bond donors (Lipinski definition) is 1. The minimum Gasteiger partial charge on any atom is -0.352 e. The molecule has 35 heavy (non-hydrogen) atoms. The highest BCUT2D eigenvalue weighted by molar-refractivity contribution is 7.92. The van der Waals surface area contributed by atoms with Crippen molar-refractivity contribution in [2.24, 2.45) is 0 Å². The first-order chi connectivity index (χ1) is 15.6. The molecule has 0 aromatic heterocycles. The number of benzene rings is 1. The molecule has 20 heteroatoms. The summed E-state index contributed by atoms with van der Waals surface area (Å²) in [7, 11) is -12.9. The van der Waals surface area contributed by atoms with Crippen LogP contribution >= 0.6 is 0 Å². The molecule has 1 N–H and O–H groups in total. The summed E-state index contributed by atoms with van der Waals surface area (Å²) in [6, 6.07) is -0.887. The summed E-state index contributed by atoms with van der Waals surface area (Å²) >= 11 is 0. The van der Waals surface area contributed by atoms with E-state index in [4.69, 9.17) is 0 Å². The van der Waals surface area contributed by atoms with E-state index in [1.165, 1.54) is 0 Å². The molecule has 2 rings (SSSR count). The van der Waals surface area contributed by atoms with Gasteiger partial charge in [0.15, 0.2) is 9.84 Å². The first-order valence-electron chi connectivity index (χ1n) is 8.87. The van der Waals surface area contributed by atoms with Gasteiger partial charge < -0.3 is 5.32 Å². The SMILES string of the molecule is O=C(CS(=O)c1ccc(S(=O)(=O)C(F)(F)C(F)(F)C(F)(F)F)cc1[N+](=O)[O-])NC1CCS(=O)(=O)C1. The Kier molecular flexibility index (Phi) is 7.65. The number of alkyl halides is 7. The van der Waals surface area contributed by atoms with Crippen LogP contribution in [0.5, 0.6) is 0 Å². The molecule has 0 bridgehead atoms. The quantitative estimate of drug-likeness (QED) is 0.277. The van der Waals surface area contributed by atoms with Crippen LogP contribution in [0, 0.1) is 10.1 Å². The smallest absolute Gasteiger partial charge is 0.352 e. The van der Waals surface area contributed by atoms with Crippen LogP contribution in [0.3, 0.4) is 0 Å². The zero-order chi connectivity index (χ0) is 27.2. The van der Waals surface area contributed by atoms with Gasteiger partial charge in [-0.3, -0.25) is 19.1 Å². The van der Waals surface area contributed by atoms with Gasteiger partial charge in [-0.2, -0.15) is 30.7 Å². The average Bonchev–Trinajstić information content (AvgIpc) is 3.04. The minimum atomic E-state index is -7.07. The number of nitrogens with one attached hydrogen (secondary N) is 1. The molecule has 1 aliphatic rings. The fraction of sp³-hybridized carbons (Fsp3) is 0.533. The molecule has 1 fully saturated rings. The molecule has 1 aromatic rings. The molecule has 10 nitrogen and oxygen atoms in total. The van der Waals surface area contributed by atoms with Crippen molar-refractivity contribution in [2.75, 3.05) is 17.3 Å². The summed E-state index contributed by atoms with van der Waals surface area (Å²) < 4.78 is 150. The summed E-state index contributed by atoms with van der Waals surface area (Å²) in [5.41, 5.74) is -1.52. The Morgan fingerprint density at radius 2 is 1.74 bits per heavy atom. The monoisotopic (exact) mass is 578 g/mol. The zero-order valence-electron chi connectivity index (χ0n) is 16.7. The van der Waals surface area contributed by atoms with E-state index in [2.05, 4.69) is 5.32 Å². The molecule has 1 aromatic carbocycles. The second-order valence-electron chi connectivity index (χ2n) is 7.14. The van der Waals surface area contributed by atoms with Crippen LogP contribution in [0.15, 0.2) is 28.0 Å². The number of halogens is 7. The molecule has 2 atom stereocenters. The van der Waals surface area contributed by atoms with Gasteiger partial charge in [0.05, 0.1) is 32.1 Å². The van der Waals surface area contributed by atoms with Crippen molar-refractivity contribution in [3.63, 3.8) is 0 Å². The van der Waals surface area contributed by atoms with Crippen molar-refractivity contribution in [1.82, 2.24) is 5.32 Å². The van der Waals surface area contributed by atoms with Gasteiger partial charge in [-0.1, -0.05) is 0 Å². The van der Waals surface area contributed by atoms with Gasteiger partial charge in [0.1, 0.15) is 10.6 Å². The largest absolute Gasteiger partial charge is 0.461 e. The maximum Gasteiger partial charge on any atom is 0.461 e. The van der Waals surface area contributed by atoms with E-state index >= 15 is 0 Å². The van der Waals surface area contributed by atoms with E-state index in [0.717, 1.165) is 0 Å². The second kappa shape index (κ2) is 9.26. The molecule has 2 unspecified atom stereocenters. The summed E-state index contributed by atoms with van der Waals surface area (Å²) in [5, 5.41) is 6.68. The van der Waals surface area contributed by atoms with E-state index in [0.29, 0.717) is 0 Å². The maximum absolute atomic E-state index is 13.8. The molecule has 1 saturated heterocycles. The van der Waals surface area contributed by atoms with Crippen molar-refractivity contribution in [1.29, 1.82) is 0 Å². The number of nitro groups is 1. The van der Waals surface area contributed by atoms with Gasteiger partial charge in [0, 0.05) is 12.1 Å². The third-order valence-corrected chi connectivity index (χ3v) is 9.54. The Balaban J connectivity index is 2.37. The molecule has 1 amide bonds. The van der Waals surface area contributed by atoms with Crippen LogP contribution < -0.4 is 5.32 Å². The number of nitrogens with zero attached hydrogens (tertiary/aromatic N) is 1. The fourth-order valence-corrected chi connectivity index (χ4v) is 6.86. The van der Waals surface area contributed by atoms with Gasteiger partial charge in [0.2, 0.25) is 5.91 Å². The number of rotatable bonds is 8. The Morgan fingerprint density at radius 3 is 2.20 bits per heavy atom. The Morgan fingerprint density at radius 1 is 1.17 bits per heavy atom. The van der Waals surface area contributed by atoms with Crippen molar-refractivity contribution < 1.29 is 61.5 Å². The predicted octanol–water partition coefficient (Wildman–Crippen LogP) is 1.57. The van der Waals surface area contributed by atoms with Crippen LogP contribution in [0.2, 0.25) is 0 Å². The lowest BCUT2D eigenvalue weighted by Crippen LogP contribution is -2.55. The van der Waals surface area contributed by atoms with Gasteiger partial charge in [0.25, 0.3) is 15.5 Å². The minimum absolute atomic E-state index is 0.00260. The Hall–Kier alpha value is -2.35. The van der Waals surface area contributed by atoms with Crippen molar-refractivity contribution in [2.45, 2.75) is 39.6 Å². The molecule has 0 radical (unpaired) electrons. The van der Waals surface area contributed by atoms with Gasteiger partial charge >= 0.3 is 17.4 Å². The van der Waals surface area contributed by atoms with Crippen LogP contribution in [-0.4, -0.2) is 72.5 Å². The molecule has 1 heterocycles. The topological polar surface area (TPSA) is 158 Å². The van der Waals surface area contributed by atoms with Gasteiger partial charge in [-0.25, -0.2) is 16.8 Å². The molecule has 0 aliphatic carbocycles. The average molecular weight is 578 g/mol. The lowest BCUT2D eigenvalue weighted by atomic mass is 10.3. The fourth-order valence-electron chi connectivity index (χ4n) is 2.86. The standard InChI is InChI=1S/C15H13F7N2O8S3/c16-13(17,14(18,19)20)15(21,22)35(31,32)9-1-2-11(10(5-9)24(26)27)33(28)6-12(25)23-8-3-4-34(29,30)7-8/h1-2,5,8H,3-4,6-7H2,(H,23,25). The molecule has 0 saturated carbocycles. The van der Waals surface area contributed by atoms with Crippen LogP contribution in [-0.2, 0) is 35.3 Å². The molecule has 1 aliphatic heterocycles. The zero-order valence-corrected chi connectivity index (χ0v) is 19.2. The first kappa shape index (κ1) is 28.9. The first-order valence-corrected chi connectivity index (χ1v) is 13.5. The lowest BCUT2D eigenvalue weighted by molar-refractivity contribution is -0.388. The molecule has 198 valence electrons. The highest BCUT2D eigenvalue weighted by Gasteiger charge is 2.78. The van der Waals surface area contributed by atoms with Crippen LogP contribution in [0.25, 0.3) is 0 Å². The molecular weight excluding hydrogens is 565 g/mol. The predicted molar refractivity (Wildman–Crippen MR) is 103 cm³/mol. The third kappa shape index (κ3) is 5.57. The van der Waals surface area contributed by atoms with Crippen molar-refractivity contribution in [3.05, 3.63) is 28.3 Å². The number of hydrogen-bond acceptors (Lipinski definition) is 8. The van der Waals surface area contributed by atoms with Crippen molar-refractivity contribution >= 4 is 42.1 Å². The highest BCUT2D eigenvalue weighted by atomic mass is 32.2. The number of carbonyl (C=O) groups is 1. The van der Waals surface area contributed by atoms with E-state index < -0.39 is 91.7 Å². The second-order valence-corrected chi connectivity index (χ2v) is 12.8. The maximum atomic E-state index is 13.8. The van der Waals surface area contributed by atoms with E-state index in [1.807, 2.05) is 0 Å².